The average Bonchev–Trinajstić information content (AvgIpc) is 3.23. The van der Waals surface area contributed by atoms with E-state index in [2.05, 4.69) is 55.4 Å². The van der Waals surface area contributed by atoms with Crippen molar-refractivity contribution < 1.29 is 43.2 Å². The summed E-state index contributed by atoms with van der Waals surface area (Å²) in [5.74, 6) is 3.15. The Balaban J connectivity index is 0.00000352. The van der Waals surface area contributed by atoms with Crippen LogP contribution in [0.25, 0.3) is 0 Å². The monoisotopic (exact) mass is 966 g/mol. The number of ether oxygens (including phenoxy) is 5. The Labute approximate surface area is 383 Å². The van der Waals surface area contributed by atoms with Crippen molar-refractivity contribution in [2.75, 3.05) is 55.1 Å². The standard InChI is InChI=1S/C49H62N2O8.2BrH/c1-50-24-22-35-30-42(56-4)44-32-38(35)39(50)27-33-16-19-37(20-17-33)58-43-29-34(18-21-41(43)55-3)28-40-47-36(31-45(57-5)48(54)49(47)59-44)23-26-51(40,2)25-14-12-10-8-6-7-9-11-13-15-46(52)53;;/h16-21,29-32,39-40H,6-15,22-28H2,1-5H3,(H-,52,53,54);2*1H. The van der Waals surface area contributed by atoms with Crippen LogP contribution in [0, 0.1) is 0 Å². The zero-order chi connectivity index (χ0) is 41.5. The highest BCUT2D eigenvalue weighted by molar-refractivity contribution is 8.93. The number of benzene rings is 4. The van der Waals surface area contributed by atoms with Gasteiger partial charge in [-0.3, -0.25) is 4.90 Å². The molecule has 12 heteroatoms. The first-order chi connectivity index (χ1) is 28.6. The number of nitrogens with zero attached hydrogens (tertiary/aromatic N) is 2. The molecule has 4 aliphatic rings. The van der Waals surface area contributed by atoms with Gasteiger partial charge in [0.25, 0.3) is 0 Å². The number of unbranched alkanes of at least 4 members (excludes halogenated alkanes) is 8. The summed E-state index contributed by atoms with van der Waals surface area (Å²) in [5, 5.41) is 22.8. The highest BCUT2D eigenvalue weighted by Crippen LogP contribution is 2.53. The predicted molar refractivity (Wildman–Crippen MR) is 248 cm³/mol. The Hall–Kier alpha value is -3.97. The number of halogens is 2. The van der Waals surface area contributed by atoms with Crippen LogP contribution in [-0.2, 0) is 30.5 Å². The van der Waals surface area contributed by atoms with Gasteiger partial charge in [0.2, 0.25) is 5.75 Å². The summed E-state index contributed by atoms with van der Waals surface area (Å²) in [7, 11) is 9.49. The molecule has 0 radical (unpaired) electrons. The Morgan fingerprint density at radius 2 is 1.38 bits per heavy atom. The lowest BCUT2D eigenvalue weighted by Gasteiger charge is -2.46. The molecule has 4 aromatic carbocycles. The molecule has 0 aromatic heterocycles. The van der Waals surface area contributed by atoms with Crippen LogP contribution in [0.5, 0.6) is 46.0 Å². The lowest BCUT2D eigenvalue weighted by atomic mass is 9.85. The molecule has 332 valence electrons. The molecule has 10 nitrogen and oxygen atoms in total. The Morgan fingerprint density at radius 3 is 2.05 bits per heavy atom. The third kappa shape index (κ3) is 11.2. The molecular formula is C49H64Br2N2O8. The van der Waals surface area contributed by atoms with Gasteiger partial charge in [-0.05, 0) is 116 Å². The van der Waals surface area contributed by atoms with Gasteiger partial charge in [0.15, 0.2) is 34.5 Å². The largest absolute Gasteiger partial charge is 0.550 e. The van der Waals surface area contributed by atoms with Gasteiger partial charge in [0, 0.05) is 31.4 Å². The highest BCUT2D eigenvalue weighted by Gasteiger charge is 2.43. The van der Waals surface area contributed by atoms with Crippen molar-refractivity contribution in [3.8, 4) is 46.0 Å². The van der Waals surface area contributed by atoms with E-state index in [9.17, 15) is 15.0 Å². The normalized spacial score (nSPS) is 19.1. The number of hydrogen-bond acceptors (Lipinski definition) is 9. The van der Waals surface area contributed by atoms with Gasteiger partial charge >= 0.3 is 0 Å². The van der Waals surface area contributed by atoms with Gasteiger partial charge in [-0.2, -0.15) is 0 Å². The van der Waals surface area contributed by atoms with Gasteiger partial charge in [0.1, 0.15) is 11.8 Å². The molecule has 0 spiro atoms. The van der Waals surface area contributed by atoms with Crippen LogP contribution in [0.15, 0.2) is 60.7 Å². The van der Waals surface area contributed by atoms with Crippen LogP contribution >= 0.6 is 34.0 Å². The molecule has 4 aliphatic heterocycles. The number of carbonyl (C=O) groups excluding carboxylic acids is 1. The van der Waals surface area contributed by atoms with E-state index in [1.807, 2.05) is 24.3 Å². The summed E-state index contributed by atoms with van der Waals surface area (Å²) in [6.45, 7) is 2.83. The lowest BCUT2D eigenvalue weighted by molar-refractivity contribution is -0.941. The molecule has 0 saturated carbocycles. The van der Waals surface area contributed by atoms with Crippen molar-refractivity contribution in [1.29, 1.82) is 0 Å². The molecule has 1 N–H and O–H groups in total. The van der Waals surface area contributed by atoms with Gasteiger partial charge in [-0.25, -0.2) is 0 Å². The number of aromatic hydroxyl groups is 1. The summed E-state index contributed by atoms with van der Waals surface area (Å²) >= 11 is 0. The maximum atomic E-state index is 12.1. The first-order valence-electron chi connectivity index (χ1n) is 21.6. The molecule has 0 amide bonds. The molecule has 6 bridgehead atoms. The summed E-state index contributed by atoms with van der Waals surface area (Å²) < 4.78 is 32.1. The Morgan fingerprint density at radius 1 is 0.754 bits per heavy atom. The molecule has 3 unspecified atom stereocenters. The quantitative estimate of drug-likeness (QED) is 0.0920. The fourth-order valence-corrected chi connectivity index (χ4v) is 9.58. The minimum atomic E-state index is -0.953. The van der Waals surface area contributed by atoms with E-state index in [1.54, 1.807) is 21.3 Å². The van der Waals surface area contributed by atoms with Gasteiger partial charge in [-0.15, -0.1) is 34.0 Å². The summed E-state index contributed by atoms with van der Waals surface area (Å²) in [5.41, 5.74) is 6.84. The van der Waals surface area contributed by atoms with Crippen LogP contribution in [-0.4, -0.2) is 75.5 Å². The van der Waals surface area contributed by atoms with Crippen LogP contribution in [0.1, 0.15) is 110 Å². The maximum Gasteiger partial charge on any atom is 0.201 e. The van der Waals surface area contributed by atoms with Crippen molar-refractivity contribution in [3.05, 3.63) is 94.0 Å². The second-order valence-electron chi connectivity index (χ2n) is 17.0. The third-order valence-corrected chi connectivity index (χ3v) is 13.1. The van der Waals surface area contributed by atoms with Gasteiger partial charge < -0.3 is 43.2 Å². The van der Waals surface area contributed by atoms with Crippen molar-refractivity contribution in [2.24, 2.45) is 0 Å². The molecular weight excluding hydrogens is 904 g/mol. The summed E-state index contributed by atoms with van der Waals surface area (Å²) in [6, 6.07) is 20.9. The molecule has 8 rings (SSSR count). The number of quaternary nitrogens is 1. The first-order valence-corrected chi connectivity index (χ1v) is 21.6. The molecule has 0 saturated heterocycles. The fraction of sp³-hybridized carbons (Fsp3) is 0.490. The van der Waals surface area contributed by atoms with Crippen LogP contribution in [0.2, 0.25) is 0 Å². The SMILES string of the molecule is Br.Br.COc1ccc2cc1Oc1ccc(cc1)CC1c3cc(c(OC)cc3CCN1C)Oc1c(O)c(OC)cc3c1C(C2)[N+](C)(CCCCCCCCCCCC(=O)[O-])CC3. The van der Waals surface area contributed by atoms with E-state index in [0.717, 1.165) is 97.9 Å². The summed E-state index contributed by atoms with van der Waals surface area (Å²) in [6.07, 6.45) is 13.0. The van der Waals surface area contributed by atoms with E-state index in [-0.39, 0.29) is 58.2 Å². The zero-order valence-corrected chi connectivity index (χ0v) is 39.9. The number of rotatable bonds is 15. The predicted octanol–water partition coefficient (Wildman–Crippen LogP) is 10.2. The number of hydrogen-bond donors (Lipinski definition) is 1. The van der Waals surface area contributed by atoms with Crippen molar-refractivity contribution in [2.45, 2.75) is 102 Å². The van der Waals surface area contributed by atoms with Crippen LogP contribution in [0.3, 0.4) is 0 Å². The average molecular weight is 969 g/mol. The van der Waals surface area contributed by atoms with E-state index >= 15 is 0 Å². The molecule has 4 aromatic rings. The van der Waals surface area contributed by atoms with Gasteiger partial charge in [-0.1, -0.05) is 56.7 Å². The fourth-order valence-electron chi connectivity index (χ4n) is 9.58. The Bertz CT molecular complexity index is 2100. The number of phenols is 1. The van der Waals surface area contributed by atoms with Crippen LogP contribution < -0.4 is 28.8 Å². The molecule has 61 heavy (non-hydrogen) atoms. The second kappa shape index (κ2) is 21.9. The topological polar surface area (TPSA) is 110 Å². The zero-order valence-electron chi connectivity index (χ0n) is 36.5. The number of carboxylic acid groups (broad SMARTS) is 1. The second-order valence-corrected chi connectivity index (χ2v) is 17.0. The Kier molecular flexibility index (Phi) is 17.3. The summed E-state index contributed by atoms with van der Waals surface area (Å²) in [4.78, 5) is 13.1. The number of carbonyl (C=O) groups is 1. The van der Waals surface area contributed by atoms with Crippen molar-refractivity contribution in [3.63, 3.8) is 0 Å². The number of likely N-dealkylation sites (N-methyl/N-ethyl adjacent to an activating group) is 2. The van der Waals surface area contributed by atoms with E-state index in [0.29, 0.717) is 47.3 Å². The number of aliphatic carboxylic acids is 1. The molecule has 4 heterocycles. The lowest BCUT2D eigenvalue weighted by Crippen LogP contribution is -2.52. The number of phenolic OH excluding ortho intramolecular Hbond substituents is 1. The number of carboxylic acids is 1. The van der Waals surface area contributed by atoms with E-state index in [1.165, 1.54) is 36.0 Å². The first kappa shape index (κ1) is 48.1. The molecule has 0 aliphatic carbocycles. The third-order valence-electron chi connectivity index (χ3n) is 13.1. The van der Waals surface area contributed by atoms with Crippen molar-refractivity contribution in [1.82, 2.24) is 4.90 Å². The minimum absolute atomic E-state index is 0. The maximum absolute atomic E-state index is 12.1. The van der Waals surface area contributed by atoms with Crippen molar-refractivity contribution >= 4 is 39.9 Å². The molecule has 0 fully saturated rings. The highest BCUT2D eigenvalue weighted by atomic mass is 79.9. The smallest absolute Gasteiger partial charge is 0.201 e. The van der Waals surface area contributed by atoms with Crippen LogP contribution in [0.4, 0.5) is 0 Å². The number of methoxy groups -OCH3 is 3. The van der Waals surface area contributed by atoms with E-state index < -0.39 is 5.97 Å². The number of fused-ring (bicyclic) bond motifs is 2. The van der Waals surface area contributed by atoms with Gasteiger partial charge in [0.05, 0.1) is 47.0 Å². The molecule has 3 atom stereocenters. The van der Waals surface area contributed by atoms with E-state index in [4.69, 9.17) is 23.7 Å². The minimum Gasteiger partial charge on any atom is -0.550 e.